The lowest BCUT2D eigenvalue weighted by Crippen LogP contribution is -2.44. The molecule has 0 bridgehead atoms. The second kappa shape index (κ2) is 7.97. The standard InChI is InChI=1S/C19H26N4OS/c1-14(2)19-21-16(13-25-19)12-18(24)20-15-4-6-17(7-5-15)23-10-8-22(3)9-11-23/h4-7,13-14H,8-12H2,1-3H3,(H,20,24). The summed E-state index contributed by atoms with van der Waals surface area (Å²) < 4.78 is 0. The highest BCUT2D eigenvalue weighted by Gasteiger charge is 2.14. The lowest BCUT2D eigenvalue weighted by molar-refractivity contribution is -0.115. The largest absolute Gasteiger partial charge is 0.369 e. The van der Waals surface area contributed by atoms with E-state index < -0.39 is 0 Å². The van der Waals surface area contributed by atoms with Crippen LogP contribution in [0.25, 0.3) is 0 Å². The number of anilines is 2. The van der Waals surface area contributed by atoms with E-state index in [1.54, 1.807) is 11.3 Å². The number of hydrogen-bond donors (Lipinski definition) is 1. The van der Waals surface area contributed by atoms with Gasteiger partial charge in [-0.1, -0.05) is 13.8 Å². The third-order valence-corrected chi connectivity index (χ3v) is 5.62. The fourth-order valence-electron chi connectivity index (χ4n) is 2.86. The van der Waals surface area contributed by atoms with Crippen molar-refractivity contribution in [1.29, 1.82) is 0 Å². The Hall–Kier alpha value is -1.92. The Morgan fingerprint density at radius 2 is 1.88 bits per heavy atom. The van der Waals surface area contributed by atoms with Gasteiger partial charge in [0, 0.05) is 48.9 Å². The highest BCUT2D eigenvalue weighted by Crippen LogP contribution is 2.21. The van der Waals surface area contributed by atoms with Crippen LogP contribution in [0.3, 0.4) is 0 Å². The zero-order chi connectivity index (χ0) is 17.8. The number of nitrogens with one attached hydrogen (secondary N) is 1. The molecule has 6 heteroatoms. The monoisotopic (exact) mass is 358 g/mol. The summed E-state index contributed by atoms with van der Waals surface area (Å²) in [5.74, 6) is 0.386. The molecular weight excluding hydrogens is 332 g/mol. The number of likely N-dealkylation sites (N-methyl/N-ethyl adjacent to an activating group) is 1. The fraction of sp³-hybridized carbons (Fsp3) is 0.474. The zero-order valence-corrected chi connectivity index (χ0v) is 16.0. The molecule has 3 rings (SSSR count). The van der Waals surface area contributed by atoms with Gasteiger partial charge in [-0.05, 0) is 31.3 Å². The molecule has 2 heterocycles. The Balaban J connectivity index is 1.54. The Morgan fingerprint density at radius 3 is 2.48 bits per heavy atom. The molecule has 1 aromatic heterocycles. The van der Waals surface area contributed by atoms with E-state index in [-0.39, 0.29) is 5.91 Å². The molecule has 0 radical (unpaired) electrons. The van der Waals surface area contributed by atoms with Crippen molar-refractivity contribution in [2.75, 3.05) is 43.4 Å². The number of amides is 1. The molecule has 5 nitrogen and oxygen atoms in total. The number of nitrogens with zero attached hydrogens (tertiary/aromatic N) is 3. The molecule has 1 fully saturated rings. The molecule has 1 aromatic carbocycles. The van der Waals surface area contributed by atoms with E-state index in [2.05, 4.69) is 53.1 Å². The van der Waals surface area contributed by atoms with E-state index in [4.69, 9.17) is 0 Å². The minimum Gasteiger partial charge on any atom is -0.369 e. The van der Waals surface area contributed by atoms with Crippen LogP contribution >= 0.6 is 11.3 Å². The summed E-state index contributed by atoms with van der Waals surface area (Å²) in [6, 6.07) is 8.12. The molecule has 25 heavy (non-hydrogen) atoms. The maximum Gasteiger partial charge on any atom is 0.230 e. The molecule has 1 aliphatic rings. The molecule has 1 saturated heterocycles. The van der Waals surface area contributed by atoms with Crippen LogP contribution in [0.2, 0.25) is 0 Å². The van der Waals surface area contributed by atoms with Gasteiger partial charge in [0.25, 0.3) is 0 Å². The molecule has 0 unspecified atom stereocenters. The Bertz CT molecular complexity index is 702. The van der Waals surface area contributed by atoms with Crippen molar-refractivity contribution < 1.29 is 4.79 Å². The second-order valence-electron chi connectivity index (χ2n) is 6.89. The SMILES string of the molecule is CC(C)c1nc(CC(=O)Nc2ccc(N3CCN(C)CC3)cc2)cs1. The van der Waals surface area contributed by atoms with Gasteiger partial charge in [-0.25, -0.2) is 4.98 Å². The van der Waals surface area contributed by atoms with E-state index in [0.29, 0.717) is 12.3 Å². The number of rotatable bonds is 5. The predicted octanol–water partition coefficient (Wildman–Crippen LogP) is 3.20. The van der Waals surface area contributed by atoms with Gasteiger partial charge in [-0.15, -0.1) is 11.3 Å². The average molecular weight is 359 g/mol. The molecule has 0 spiro atoms. The highest BCUT2D eigenvalue weighted by atomic mass is 32.1. The summed E-state index contributed by atoms with van der Waals surface area (Å²) in [5, 5.41) is 6.03. The maximum atomic E-state index is 12.2. The first-order valence-electron chi connectivity index (χ1n) is 8.79. The van der Waals surface area contributed by atoms with Crippen LogP contribution in [-0.2, 0) is 11.2 Å². The van der Waals surface area contributed by atoms with Crippen molar-refractivity contribution in [3.63, 3.8) is 0 Å². The maximum absolute atomic E-state index is 12.2. The minimum atomic E-state index is -0.0204. The van der Waals surface area contributed by atoms with Crippen molar-refractivity contribution in [3.8, 4) is 0 Å². The number of carbonyl (C=O) groups is 1. The normalized spacial score (nSPS) is 15.6. The second-order valence-corrected chi connectivity index (χ2v) is 7.78. The lowest BCUT2D eigenvalue weighted by Gasteiger charge is -2.34. The molecule has 2 aromatic rings. The van der Waals surface area contributed by atoms with Crippen LogP contribution in [0.4, 0.5) is 11.4 Å². The first-order chi connectivity index (χ1) is 12.0. The Morgan fingerprint density at radius 1 is 1.20 bits per heavy atom. The van der Waals surface area contributed by atoms with Gasteiger partial charge >= 0.3 is 0 Å². The molecule has 1 amide bonds. The fourth-order valence-corrected chi connectivity index (χ4v) is 3.69. The third-order valence-electron chi connectivity index (χ3n) is 4.42. The van der Waals surface area contributed by atoms with Crippen LogP contribution in [0.1, 0.15) is 30.5 Å². The molecule has 0 aliphatic carbocycles. The van der Waals surface area contributed by atoms with Crippen LogP contribution < -0.4 is 10.2 Å². The number of thiazole rings is 1. The number of aromatic nitrogens is 1. The van der Waals surface area contributed by atoms with Crippen molar-refractivity contribution in [1.82, 2.24) is 9.88 Å². The third kappa shape index (κ3) is 4.80. The number of piperazine rings is 1. The van der Waals surface area contributed by atoms with Gasteiger partial charge < -0.3 is 15.1 Å². The summed E-state index contributed by atoms with van der Waals surface area (Å²) in [6.07, 6.45) is 0.323. The van der Waals surface area contributed by atoms with Crippen molar-refractivity contribution >= 4 is 28.6 Å². The summed E-state index contributed by atoms with van der Waals surface area (Å²) in [5.41, 5.74) is 2.90. The summed E-state index contributed by atoms with van der Waals surface area (Å²) in [7, 11) is 2.16. The Kier molecular flexibility index (Phi) is 5.71. The molecular formula is C19H26N4OS. The first kappa shape index (κ1) is 17.9. The van der Waals surface area contributed by atoms with E-state index in [0.717, 1.165) is 42.6 Å². The van der Waals surface area contributed by atoms with Crippen molar-refractivity contribution in [2.24, 2.45) is 0 Å². The Labute approximate surface area is 153 Å². The topological polar surface area (TPSA) is 48.5 Å². The average Bonchev–Trinajstić information content (AvgIpc) is 3.05. The van der Waals surface area contributed by atoms with E-state index in [1.807, 2.05) is 17.5 Å². The lowest BCUT2D eigenvalue weighted by atomic mass is 10.2. The summed E-state index contributed by atoms with van der Waals surface area (Å²) in [4.78, 5) is 21.5. The van der Waals surface area contributed by atoms with Crippen molar-refractivity contribution in [2.45, 2.75) is 26.2 Å². The molecule has 0 atom stereocenters. The van der Waals surface area contributed by atoms with Gasteiger partial charge in [0.15, 0.2) is 0 Å². The number of carbonyl (C=O) groups excluding carboxylic acids is 1. The van der Waals surface area contributed by atoms with E-state index in [9.17, 15) is 4.79 Å². The van der Waals surface area contributed by atoms with E-state index >= 15 is 0 Å². The summed E-state index contributed by atoms with van der Waals surface area (Å²) >= 11 is 1.62. The quantitative estimate of drug-likeness (QED) is 0.892. The van der Waals surface area contributed by atoms with Gasteiger partial charge in [0.05, 0.1) is 17.1 Å². The molecule has 0 saturated carbocycles. The van der Waals surface area contributed by atoms with Gasteiger partial charge in [-0.3, -0.25) is 4.79 Å². The van der Waals surface area contributed by atoms with Gasteiger partial charge in [-0.2, -0.15) is 0 Å². The van der Waals surface area contributed by atoms with Crippen LogP contribution in [-0.4, -0.2) is 49.0 Å². The van der Waals surface area contributed by atoms with Gasteiger partial charge in [0.2, 0.25) is 5.91 Å². The van der Waals surface area contributed by atoms with Crippen LogP contribution in [0.5, 0.6) is 0 Å². The molecule has 1 N–H and O–H groups in total. The van der Waals surface area contributed by atoms with E-state index in [1.165, 1.54) is 5.69 Å². The smallest absolute Gasteiger partial charge is 0.230 e. The number of hydrogen-bond acceptors (Lipinski definition) is 5. The summed E-state index contributed by atoms with van der Waals surface area (Å²) in [6.45, 7) is 8.50. The van der Waals surface area contributed by atoms with Crippen molar-refractivity contribution in [3.05, 3.63) is 40.3 Å². The first-order valence-corrected chi connectivity index (χ1v) is 9.67. The highest BCUT2D eigenvalue weighted by molar-refractivity contribution is 7.09. The molecule has 134 valence electrons. The minimum absolute atomic E-state index is 0.0204. The van der Waals surface area contributed by atoms with Gasteiger partial charge in [0.1, 0.15) is 0 Å². The predicted molar refractivity (Wildman–Crippen MR) is 105 cm³/mol. The molecule has 1 aliphatic heterocycles. The van der Waals surface area contributed by atoms with Crippen LogP contribution in [0, 0.1) is 0 Å². The zero-order valence-electron chi connectivity index (χ0n) is 15.2. The van der Waals surface area contributed by atoms with Crippen LogP contribution in [0.15, 0.2) is 29.6 Å². The number of benzene rings is 1.